The molecule has 0 aliphatic heterocycles. The Morgan fingerprint density at radius 3 is 1.38 bits per heavy atom. The summed E-state index contributed by atoms with van der Waals surface area (Å²) in [6, 6.07) is 22.9. The summed E-state index contributed by atoms with van der Waals surface area (Å²) in [6.07, 6.45) is 1.44. The highest BCUT2D eigenvalue weighted by molar-refractivity contribution is 5.87. The van der Waals surface area contributed by atoms with Gasteiger partial charge < -0.3 is 10.2 Å². The minimum absolute atomic E-state index is 0.205. The number of hydrogen-bond acceptors (Lipinski definition) is 7. The molecule has 0 bridgehead atoms. The summed E-state index contributed by atoms with van der Waals surface area (Å²) in [5.41, 5.74) is 1.68. The summed E-state index contributed by atoms with van der Waals surface area (Å²) in [7, 11) is 0. The van der Waals surface area contributed by atoms with Gasteiger partial charge in [0.2, 0.25) is 5.75 Å². The van der Waals surface area contributed by atoms with E-state index in [1.807, 2.05) is 54.6 Å². The number of hydrogen-bond donors (Lipinski definition) is 2. The third-order valence-electron chi connectivity index (χ3n) is 9.87. The molecule has 282 valence electrons. The highest BCUT2D eigenvalue weighted by Crippen LogP contribution is 2.44. The molecule has 0 fully saturated rings. The molecule has 4 aromatic carbocycles. The van der Waals surface area contributed by atoms with Gasteiger partial charge in [-0.1, -0.05) is 150 Å². The molecule has 0 aromatic heterocycles. The zero-order chi connectivity index (χ0) is 39.9. The lowest BCUT2D eigenvalue weighted by Gasteiger charge is -2.39. The van der Waals surface area contributed by atoms with Crippen LogP contribution in [0.2, 0.25) is 0 Å². The predicted molar refractivity (Wildman–Crippen MR) is 214 cm³/mol. The number of nitro benzene ring substituents is 2. The van der Waals surface area contributed by atoms with Crippen LogP contribution in [-0.4, -0.2) is 32.3 Å². The Hall–Kier alpha value is -4.89. The Morgan fingerprint density at radius 2 is 1.02 bits per heavy atom. The van der Waals surface area contributed by atoms with E-state index in [0.29, 0.717) is 11.1 Å². The van der Waals surface area contributed by atoms with E-state index in [2.05, 4.69) is 95.2 Å². The lowest BCUT2D eigenvalue weighted by atomic mass is 9.70. The molecule has 0 saturated heterocycles. The van der Waals surface area contributed by atoms with Crippen molar-refractivity contribution >= 4 is 17.6 Å². The van der Waals surface area contributed by atoms with Crippen molar-refractivity contribution < 1.29 is 20.1 Å². The van der Waals surface area contributed by atoms with Crippen LogP contribution < -0.4 is 0 Å². The van der Waals surface area contributed by atoms with Crippen LogP contribution in [0.15, 0.2) is 83.9 Å². The van der Waals surface area contributed by atoms with Gasteiger partial charge in [-0.2, -0.15) is 0 Å². The molecule has 0 radical (unpaired) electrons. The van der Waals surface area contributed by atoms with Crippen LogP contribution in [0.5, 0.6) is 5.75 Å². The molecule has 2 N–H and O–H groups in total. The standard InChI is InChI=1S/C44H55N3O6/c1-40(2,3)30-20-31(41(4,5)6)23-34(22-30)44(49,35-24-32(42(7,8)9)21-33(25-35)43(10,11)12)38(18-28-16-14-13-15-17-28)45-27-29-19-36(46(50)51)26-37(39(29)48)47(52)53/h13-17,19-27,38,48-49H,18H2,1-12H3. The van der Waals surface area contributed by atoms with Gasteiger partial charge in [0.25, 0.3) is 5.69 Å². The highest BCUT2D eigenvalue weighted by atomic mass is 16.6. The lowest BCUT2D eigenvalue weighted by molar-refractivity contribution is -0.394. The first-order valence-corrected chi connectivity index (χ1v) is 18.0. The zero-order valence-corrected chi connectivity index (χ0v) is 33.2. The normalized spacial score (nSPS) is 13.7. The number of rotatable bonds is 9. The molecule has 0 amide bonds. The van der Waals surface area contributed by atoms with Crippen LogP contribution in [0.1, 0.15) is 128 Å². The third-order valence-corrected chi connectivity index (χ3v) is 9.87. The Labute approximate surface area is 314 Å². The van der Waals surface area contributed by atoms with Gasteiger partial charge in [0.05, 0.1) is 22.0 Å². The van der Waals surface area contributed by atoms with Crippen LogP contribution in [0.25, 0.3) is 0 Å². The Balaban J connectivity index is 2.21. The molecular weight excluding hydrogens is 666 g/mol. The second-order valence-electron chi connectivity index (χ2n) is 18.3. The van der Waals surface area contributed by atoms with Crippen molar-refractivity contribution in [3.8, 4) is 5.75 Å². The fraction of sp³-hybridized carbons (Fsp3) is 0.432. The topological polar surface area (TPSA) is 139 Å². The minimum atomic E-state index is -1.81. The number of aliphatic imine (C=N–C) groups is 1. The van der Waals surface area contributed by atoms with Gasteiger partial charge in [0.1, 0.15) is 5.60 Å². The highest BCUT2D eigenvalue weighted by Gasteiger charge is 2.43. The average Bonchev–Trinajstić information content (AvgIpc) is 3.05. The number of aliphatic hydroxyl groups is 1. The summed E-state index contributed by atoms with van der Waals surface area (Å²) < 4.78 is 0. The maximum atomic E-state index is 13.9. The van der Waals surface area contributed by atoms with Gasteiger partial charge >= 0.3 is 5.69 Å². The second kappa shape index (κ2) is 14.5. The Morgan fingerprint density at radius 1 is 0.623 bits per heavy atom. The summed E-state index contributed by atoms with van der Waals surface area (Å²) >= 11 is 0. The van der Waals surface area contributed by atoms with Crippen molar-refractivity contribution in [1.29, 1.82) is 0 Å². The average molecular weight is 722 g/mol. The molecule has 0 saturated carbocycles. The van der Waals surface area contributed by atoms with E-state index < -0.39 is 38.6 Å². The van der Waals surface area contributed by atoms with Gasteiger partial charge in [-0.05, 0) is 67.0 Å². The molecule has 9 nitrogen and oxygen atoms in total. The van der Waals surface area contributed by atoms with Crippen molar-refractivity contribution in [2.24, 2.45) is 4.99 Å². The Bertz CT molecular complexity index is 1880. The summed E-state index contributed by atoms with van der Waals surface area (Å²) in [5, 5.41) is 48.5. The smallest absolute Gasteiger partial charge is 0.318 e. The molecule has 4 rings (SSSR count). The van der Waals surface area contributed by atoms with Crippen LogP contribution in [0.4, 0.5) is 11.4 Å². The van der Waals surface area contributed by atoms with Crippen LogP contribution in [0.3, 0.4) is 0 Å². The van der Waals surface area contributed by atoms with Crippen molar-refractivity contribution in [3.05, 3.63) is 144 Å². The van der Waals surface area contributed by atoms with E-state index >= 15 is 0 Å². The van der Waals surface area contributed by atoms with Gasteiger partial charge in [-0.15, -0.1) is 0 Å². The molecule has 53 heavy (non-hydrogen) atoms. The number of phenols is 1. The monoisotopic (exact) mass is 721 g/mol. The molecule has 4 aromatic rings. The van der Waals surface area contributed by atoms with Gasteiger partial charge in [0.15, 0.2) is 0 Å². The van der Waals surface area contributed by atoms with Crippen molar-refractivity contribution in [2.75, 3.05) is 0 Å². The third kappa shape index (κ3) is 9.19. The number of benzene rings is 4. The van der Waals surface area contributed by atoms with E-state index in [1.54, 1.807) is 0 Å². The van der Waals surface area contributed by atoms with E-state index in [-0.39, 0.29) is 33.6 Å². The molecule has 0 heterocycles. The van der Waals surface area contributed by atoms with Gasteiger partial charge in [0, 0.05) is 17.8 Å². The Kier molecular flexibility index (Phi) is 11.2. The first-order chi connectivity index (χ1) is 24.2. The minimum Gasteiger partial charge on any atom is -0.502 e. The number of aromatic hydroxyl groups is 1. The van der Waals surface area contributed by atoms with Crippen LogP contribution in [-0.2, 0) is 33.7 Å². The molecule has 1 unspecified atom stereocenters. The SMILES string of the molecule is CC(C)(C)c1cc(C(C)(C)C)cc(C(O)(c2cc(C(C)(C)C)cc(C(C)(C)C)c2)C(Cc2ccccc2)N=Cc2cc([N+](=O)[O-])cc([N+](=O)[O-])c2O)c1. The summed E-state index contributed by atoms with van der Waals surface area (Å²) in [6.45, 7) is 25.6. The lowest BCUT2D eigenvalue weighted by Crippen LogP contribution is -2.42. The van der Waals surface area contributed by atoms with E-state index in [4.69, 9.17) is 4.99 Å². The van der Waals surface area contributed by atoms with Gasteiger partial charge in [-0.25, -0.2) is 0 Å². The molecule has 0 aliphatic carbocycles. The fourth-order valence-electron chi connectivity index (χ4n) is 6.26. The predicted octanol–water partition coefficient (Wildman–Crippen LogP) is 10.4. The fourth-order valence-corrected chi connectivity index (χ4v) is 6.26. The largest absolute Gasteiger partial charge is 0.502 e. The zero-order valence-electron chi connectivity index (χ0n) is 33.2. The number of phenolic OH excluding ortho intramolecular Hbond substituents is 1. The molecule has 0 aliphatic rings. The maximum absolute atomic E-state index is 13.9. The first kappa shape index (κ1) is 40.9. The molecule has 1 atom stereocenters. The number of nitro groups is 2. The summed E-state index contributed by atoms with van der Waals surface area (Å²) in [5.74, 6) is -0.749. The van der Waals surface area contributed by atoms with Crippen LogP contribution >= 0.6 is 0 Å². The second-order valence-corrected chi connectivity index (χ2v) is 18.3. The molecule has 0 spiro atoms. The van der Waals surface area contributed by atoms with Gasteiger partial charge in [-0.3, -0.25) is 25.2 Å². The summed E-state index contributed by atoms with van der Waals surface area (Å²) in [4.78, 5) is 27.0. The van der Waals surface area contributed by atoms with Crippen molar-refractivity contribution in [1.82, 2.24) is 0 Å². The number of nitrogens with zero attached hydrogens (tertiary/aromatic N) is 3. The first-order valence-electron chi connectivity index (χ1n) is 18.0. The van der Waals surface area contributed by atoms with Crippen molar-refractivity contribution in [3.63, 3.8) is 0 Å². The van der Waals surface area contributed by atoms with Crippen molar-refractivity contribution in [2.45, 2.75) is 123 Å². The quantitative estimate of drug-likeness (QED) is 0.100. The maximum Gasteiger partial charge on any atom is 0.318 e. The molecular formula is C44H55N3O6. The molecule has 9 heteroatoms. The number of non-ortho nitro benzene ring substituents is 1. The van der Waals surface area contributed by atoms with E-state index in [9.17, 15) is 30.4 Å². The van der Waals surface area contributed by atoms with Crippen LogP contribution in [0, 0.1) is 20.2 Å². The van der Waals surface area contributed by atoms with E-state index in [0.717, 1.165) is 39.9 Å². The van der Waals surface area contributed by atoms with E-state index in [1.165, 1.54) is 6.21 Å².